The van der Waals surface area contributed by atoms with Gasteiger partial charge in [-0.25, -0.2) is 9.79 Å². The van der Waals surface area contributed by atoms with Crippen molar-refractivity contribution in [2.24, 2.45) is 9.98 Å². The number of aliphatic imine (C=N–C) groups is 2. The Morgan fingerprint density at radius 1 is 1.70 bits per heavy atom. The van der Waals surface area contributed by atoms with Crippen LogP contribution in [0.5, 0.6) is 0 Å². The van der Waals surface area contributed by atoms with Crippen LogP contribution in [0.2, 0.25) is 0 Å². The molecule has 1 N–H and O–H groups in total. The Bertz CT molecular complexity index is 194. The largest absolute Gasteiger partial charge is 0.477 e. The van der Waals surface area contributed by atoms with Gasteiger partial charge in [0, 0.05) is 7.05 Å². The smallest absolute Gasteiger partial charge is 0.354 e. The molecule has 0 aromatic rings. The summed E-state index contributed by atoms with van der Waals surface area (Å²) in [6.45, 7) is 3.26. The fraction of sp³-hybridized carbons (Fsp3) is 0.167. The van der Waals surface area contributed by atoms with E-state index in [0.717, 1.165) is 12.4 Å². The highest BCUT2D eigenvalue weighted by Gasteiger charge is 2.00. The number of nitrogens with zero attached hydrogens (tertiary/aromatic N) is 2. The minimum absolute atomic E-state index is 0.106. The highest BCUT2D eigenvalue weighted by molar-refractivity contribution is 6.41. The maximum absolute atomic E-state index is 10.2. The van der Waals surface area contributed by atoms with E-state index in [9.17, 15) is 4.79 Å². The third kappa shape index (κ3) is 2.76. The number of carboxylic acid groups (broad SMARTS) is 1. The molecule has 4 nitrogen and oxygen atoms in total. The highest BCUT2D eigenvalue weighted by atomic mass is 16.4. The molecule has 0 radical (unpaired) electrons. The van der Waals surface area contributed by atoms with E-state index < -0.39 is 5.97 Å². The molecule has 0 aromatic heterocycles. The van der Waals surface area contributed by atoms with E-state index >= 15 is 0 Å². The summed E-state index contributed by atoms with van der Waals surface area (Å²) in [5, 5.41) is 8.34. The SMILES string of the molecule is C=C/C(=N\C=N/C)C(=O)O. The summed E-state index contributed by atoms with van der Waals surface area (Å²) in [6, 6.07) is 0. The normalized spacial score (nSPS) is 11.9. The lowest BCUT2D eigenvalue weighted by Crippen LogP contribution is -2.09. The van der Waals surface area contributed by atoms with Crippen LogP contribution in [0.3, 0.4) is 0 Å². The van der Waals surface area contributed by atoms with Gasteiger partial charge in [0.1, 0.15) is 12.1 Å². The van der Waals surface area contributed by atoms with E-state index in [2.05, 4.69) is 16.6 Å². The predicted octanol–water partition coefficient (Wildman–Crippen LogP) is 0.356. The van der Waals surface area contributed by atoms with Gasteiger partial charge in [0.05, 0.1) is 0 Å². The fourth-order valence-electron chi connectivity index (χ4n) is 0.315. The third-order valence-corrected chi connectivity index (χ3v) is 0.725. The van der Waals surface area contributed by atoms with Crippen LogP contribution in [-0.4, -0.2) is 30.2 Å². The van der Waals surface area contributed by atoms with Crippen molar-refractivity contribution in [3.63, 3.8) is 0 Å². The van der Waals surface area contributed by atoms with Crippen LogP contribution in [0.15, 0.2) is 22.6 Å². The van der Waals surface area contributed by atoms with E-state index in [-0.39, 0.29) is 5.71 Å². The molecular formula is C6H8N2O2. The summed E-state index contributed by atoms with van der Waals surface area (Å²) in [7, 11) is 1.51. The van der Waals surface area contributed by atoms with Gasteiger partial charge >= 0.3 is 5.97 Å². The molecule has 4 heteroatoms. The van der Waals surface area contributed by atoms with Crippen molar-refractivity contribution < 1.29 is 9.90 Å². The number of rotatable bonds is 3. The van der Waals surface area contributed by atoms with Gasteiger partial charge in [-0.15, -0.1) is 0 Å². The quantitative estimate of drug-likeness (QED) is 0.454. The average molecular weight is 140 g/mol. The van der Waals surface area contributed by atoms with Crippen LogP contribution in [0.1, 0.15) is 0 Å². The Kier molecular flexibility index (Phi) is 3.79. The Morgan fingerprint density at radius 2 is 2.30 bits per heavy atom. The second-order valence-corrected chi connectivity index (χ2v) is 1.40. The van der Waals surface area contributed by atoms with Crippen LogP contribution in [-0.2, 0) is 4.79 Å². The summed E-state index contributed by atoms with van der Waals surface area (Å²) < 4.78 is 0. The van der Waals surface area contributed by atoms with E-state index in [4.69, 9.17) is 5.11 Å². The molecule has 0 unspecified atom stereocenters. The topological polar surface area (TPSA) is 62.0 Å². The monoisotopic (exact) mass is 140 g/mol. The lowest BCUT2D eigenvalue weighted by Gasteiger charge is -1.86. The summed E-state index contributed by atoms with van der Waals surface area (Å²) in [5.41, 5.74) is -0.106. The van der Waals surface area contributed by atoms with Crippen molar-refractivity contribution in [2.75, 3.05) is 7.05 Å². The second-order valence-electron chi connectivity index (χ2n) is 1.40. The Morgan fingerprint density at radius 3 is 2.60 bits per heavy atom. The molecule has 0 spiro atoms. The number of aliphatic carboxylic acids is 1. The summed E-state index contributed by atoms with van der Waals surface area (Å²) in [4.78, 5) is 17.1. The van der Waals surface area contributed by atoms with Gasteiger partial charge in [-0.05, 0) is 6.08 Å². The number of carbonyl (C=O) groups is 1. The number of carboxylic acids is 1. The molecule has 0 aliphatic heterocycles. The summed E-state index contributed by atoms with van der Waals surface area (Å²) in [6.07, 6.45) is 2.31. The zero-order valence-corrected chi connectivity index (χ0v) is 5.61. The summed E-state index contributed by atoms with van der Waals surface area (Å²) in [5.74, 6) is -1.10. The molecule has 0 amide bonds. The minimum Gasteiger partial charge on any atom is -0.477 e. The van der Waals surface area contributed by atoms with Gasteiger partial charge in [-0.3, -0.25) is 4.99 Å². The van der Waals surface area contributed by atoms with Gasteiger partial charge in [0.25, 0.3) is 0 Å². The lowest BCUT2D eigenvalue weighted by atomic mass is 10.4. The fourth-order valence-corrected chi connectivity index (χ4v) is 0.315. The van der Waals surface area contributed by atoms with Gasteiger partial charge in [-0.1, -0.05) is 6.58 Å². The first-order valence-corrected chi connectivity index (χ1v) is 2.56. The second kappa shape index (κ2) is 4.43. The van der Waals surface area contributed by atoms with E-state index in [1.165, 1.54) is 7.05 Å². The van der Waals surface area contributed by atoms with Crippen molar-refractivity contribution in [1.29, 1.82) is 0 Å². The van der Waals surface area contributed by atoms with Gasteiger partial charge in [0.2, 0.25) is 0 Å². The minimum atomic E-state index is -1.10. The number of hydrogen-bond donors (Lipinski definition) is 1. The molecule has 0 saturated carbocycles. The highest BCUT2D eigenvalue weighted by Crippen LogP contribution is 1.78. The van der Waals surface area contributed by atoms with E-state index in [0.29, 0.717) is 0 Å². The average Bonchev–Trinajstić information content (AvgIpc) is 1.89. The Balaban J connectivity index is 4.33. The van der Waals surface area contributed by atoms with Crippen LogP contribution >= 0.6 is 0 Å². The first-order valence-electron chi connectivity index (χ1n) is 2.56. The zero-order chi connectivity index (χ0) is 7.98. The maximum atomic E-state index is 10.2. The Hall–Kier alpha value is -1.45. The van der Waals surface area contributed by atoms with Crippen molar-refractivity contribution in [1.82, 2.24) is 0 Å². The van der Waals surface area contributed by atoms with E-state index in [1.807, 2.05) is 0 Å². The molecule has 0 bridgehead atoms. The first kappa shape index (κ1) is 8.55. The van der Waals surface area contributed by atoms with E-state index in [1.54, 1.807) is 0 Å². The van der Waals surface area contributed by atoms with Crippen LogP contribution < -0.4 is 0 Å². The summed E-state index contributed by atoms with van der Waals surface area (Å²) >= 11 is 0. The van der Waals surface area contributed by atoms with Gasteiger partial charge in [0.15, 0.2) is 0 Å². The predicted molar refractivity (Wildman–Crippen MR) is 39.7 cm³/mol. The van der Waals surface area contributed by atoms with Crippen LogP contribution in [0.25, 0.3) is 0 Å². The zero-order valence-electron chi connectivity index (χ0n) is 5.61. The molecule has 0 aliphatic carbocycles. The van der Waals surface area contributed by atoms with Crippen molar-refractivity contribution in [3.8, 4) is 0 Å². The standard InChI is InChI=1S/C6H8N2O2/c1-3-5(6(9)10)8-4-7-2/h3-4H,1H2,2H3,(H,9,10)/b7-4-,8-5+. The van der Waals surface area contributed by atoms with Gasteiger partial charge in [-0.2, -0.15) is 0 Å². The molecule has 0 rings (SSSR count). The molecular weight excluding hydrogens is 132 g/mol. The lowest BCUT2D eigenvalue weighted by molar-refractivity contribution is -0.129. The third-order valence-electron chi connectivity index (χ3n) is 0.725. The molecule has 0 saturated heterocycles. The molecule has 0 aliphatic rings. The molecule has 0 fully saturated rings. The number of hydrogen-bond acceptors (Lipinski definition) is 2. The molecule has 0 heterocycles. The van der Waals surface area contributed by atoms with Gasteiger partial charge < -0.3 is 5.11 Å². The Labute approximate surface area is 58.6 Å². The molecule has 0 atom stereocenters. The molecule has 54 valence electrons. The van der Waals surface area contributed by atoms with Crippen molar-refractivity contribution in [2.45, 2.75) is 0 Å². The van der Waals surface area contributed by atoms with Crippen molar-refractivity contribution in [3.05, 3.63) is 12.7 Å². The molecule has 10 heavy (non-hydrogen) atoms. The first-order chi connectivity index (χ1) is 4.72. The van der Waals surface area contributed by atoms with Crippen LogP contribution in [0, 0.1) is 0 Å². The molecule has 0 aromatic carbocycles. The maximum Gasteiger partial charge on any atom is 0.354 e. The van der Waals surface area contributed by atoms with Crippen molar-refractivity contribution >= 4 is 18.0 Å². The van der Waals surface area contributed by atoms with Crippen LogP contribution in [0.4, 0.5) is 0 Å².